The van der Waals surface area contributed by atoms with Crippen LogP contribution in [0.5, 0.6) is 5.75 Å². The summed E-state index contributed by atoms with van der Waals surface area (Å²) in [5.41, 5.74) is 5.30. The monoisotopic (exact) mass is 248 g/mol. The molecule has 18 heavy (non-hydrogen) atoms. The van der Waals surface area contributed by atoms with Crippen molar-refractivity contribution in [1.29, 1.82) is 0 Å². The van der Waals surface area contributed by atoms with E-state index in [0.29, 0.717) is 13.2 Å². The summed E-state index contributed by atoms with van der Waals surface area (Å²) in [6, 6.07) is 9.68. The molecule has 4 heteroatoms. The maximum absolute atomic E-state index is 11.9. The van der Waals surface area contributed by atoms with Gasteiger partial charge in [-0.3, -0.25) is 4.79 Å². The number of nitrogens with two attached hydrogens (primary N) is 1. The molecule has 0 atom stereocenters. The van der Waals surface area contributed by atoms with Crippen LogP contribution in [0.3, 0.4) is 0 Å². The zero-order chi connectivity index (χ0) is 13.0. The molecule has 1 saturated carbocycles. The Bertz CT molecular complexity index is 402. The Balaban J connectivity index is 1.65. The first-order valence-corrected chi connectivity index (χ1v) is 6.34. The second-order valence-electron chi connectivity index (χ2n) is 4.90. The van der Waals surface area contributed by atoms with Gasteiger partial charge in [-0.15, -0.1) is 0 Å². The highest BCUT2D eigenvalue weighted by Gasteiger charge is 2.47. The molecule has 1 aliphatic rings. The van der Waals surface area contributed by atoms with Gasteiger partial charge < -0.3 is 15.4 Å². The van der Waals surface area contributed by atoms with Gasteiger partial charge in [-0.25, -0.2) is 0 Å². The fourth-order valence-corrected chi connectivity index (χ4v) is 1.84. The second kappa shape index (κ2) is 5.40. The molecule has 0 saturated heterocycles. The van der Waals surface area contributed by atoms with Crippen molar-refractivity contribution >= 4 is 5.91 Å². The molecule has 0 radical (unpaired) electrons. The maximum Gasteiger partial charge on any atom is 0.242 e. The van der Waals surface area contributed by atoms with Crippen LogP contribution in [0.2, 0.25) is 0 Å². The molecule has 1 amide bonds. The number of benzene rings is 1. The van der Waals surface area contributed by atoms with Crippen molar-refractivity contribution in [3.8, 4) is 5.75 Å². The summed E-state index contributed by atoms with van der Waals surface area (Å²) >= 11 is 0. The third-order valence-corrected chi connectivity index (χ3v) is 3.21. The lowest BCUT2D eigenvalue weighted by atomic mass is 10.2. The van der Waals surface area contributed by atoms with Crippen LogP contribution in [0, 0.1) is 0 Å². The second-order valence-corrected chi connectivity index (χ2v) is 4.90. The number of likely N-dealkylation sites (N-methyl/N-ethyl adjacent to an activating group) is 1. The number of carbonyl (C=O) groups is 1. The Morgan fingerprint density at radius 1 is 1.39 bits per heavy atom. The fraction of sp³-hybridized carbons (Fsp3) is 0.500. The zero-order valence-electron chi connectivity index (χ0n) is 10.8. The molecule has 2 N–H and O–H groups in total. The average Bonchev–Trinajstić information content (AvgIpc) is 3.14. The molecule has 1 aromatic carbocycles. The normalized spacial score (nSPS) is 16.1. The number of hydrogen-bond acceptors (Lipinski definition) is 3. The predicted octanol–water partition coefficient (Wildman–Crippen LogP) is 1.41. The minimum Gasteiger partial charge on any atom is -0.494 e. The molecule has 0 heterocycles. The predicted molar refractivity (Wildman–Crippen MR) is 70.3 cm³/mol. The Kier molecular flexibility index (Phi) is 3.87. The number of rotatable bonds is 6. The van der Waals surface area contributed by atoms with E-state index in [0.717, 1.165) is 25.0 Å². The summed E-state index contributed by atoms with van der Waals surface area (Å²) in [5, 5.41) is 0. The van der Waals surface area contributed by atoms with Gasteiger partial charge in [0, 0.05) is 13.6 Å². The number of ether oxygens (including phenoxy) is 1. The van der Waals surface area contributed by atoms with Gasteiger partial charge in [0.2, 0.25) is 5.91 Å². The third-order valence-electron chi connectivity index (χ3n) is 3.21. The van der Waals surface area contributed by atoms with Gasteiger partial charge in [-0.2, -0.15) is 0 Å². The fourth-order valence-electron chi connectivity index (χ4n) is 1.84. The lowest BCUT2D eigenvalue weighted by Gasteiger charge is -2.20. The van der Waals surface area contributed by atoms with E-state index in [1.54, 1.807) is 11.9 Å². The highest BCUT2D eigenvalue weighted by molar-refractivity contribution is 5.88. The lowest BCUT2D eigenvalue weighted by Crippen LogP contribution is -2.44. The SMILES string of the molecule is CN(CCCOc1ccccc1)C(=O)C1(N)CC1. The van der Waals surface area contributed by atoms with E-state index in [1.165, 1.54) is 0 Å². The third kappa shape index (κ3) is 3.23. The van der Waals surface area contributed by atoms with Crippen LogP contribution in [0.1, 0.15) is 19.3 Å². The smallest absolute Gasteiger partial charge is 0.242 e. The van der Waals surface area contributed by atoms with Gasteiger partial charge in [-0.1, -0.05) is 18.2 Å². The Hall–Kier alpha value is -1.55. The summed E-state index contributed by atoms with van der Waals surface area (Å²) < 4.78 is 5.57. The topological polar surface area (TPSA) is 55.6 Å². The van der Waals surface area contributed by atoms with Crippen LogP contribution in [0.15, 0.2) is 30.3 Å². The first-order valence-electron chi connectivity index (χ1n) is 6.34. The first-order chi connectivity index (χ1) is 8.62. The van der Waals surface area contributed by atoms with Gasteiger partial charge in [0.1, 0.15) is 5.75 Å². The quantitative estimate of drug-likeness (QED) is 0.774. The van der Waals surface area contributed by atoms with Crippen molar-refractivity contribution in [3.05, 3.63) is 30.3 Å². The molecule has 98 valence electrons. The summed E-state index contributed by atoms with van der Waals surface area (Å²) in [5.74, 6) is 0.922. The first kappa shape index (κ1) is 12.9. The van der Waals surface area contributed by atoms with E-state index in [1.807, 2.05) is 30.3 Å². The molecular formula is C14H20N2O2. The van der Waals surface area contributed by atoms with Crippen LogP contribution >= 0.6 is 0 Å². The minimum absolute atomic E-state index is 0.0576. The zero-order valence-corrected chi connectivity index (χ0v) is 10.8. The number of hydrogen-bond donors (Lipinski definition) is 1. The van der Waals surface area contributed by atoms with Crippen LogP contribution < -0.4 is 10.5 Å². The van der Waals surface area contributed by atoms with E-state index in [4.69, 9.17) is 10.5 Å². The van der Waals surface area contributed by atoms with Crippen LogP contribution in [-0.4, -0.2) is 36.5 Å². The standard InChI is InChI=1S/C14H20N2O2/c1-16(13(17)14(15)8-9-14)10-5-11-18-12-6-3-2-4-7-12/h2-4,6-7H,5,8-11,15H2,1H3. The van der Waals surface area contributed by atoms with Crippen molar-refractivity contribution in [2.45, 2.75) is 24.8 Å². The van der Waals surface area contributed by atoms with E-state index >= 15 is 0 Å². The molecule has 0 aliphatic heterocycles. The molecule has 1 aliphatic carbocycles. The number of carbonyl (C=O) groups excluding carboxylic acids is 1. The molecule has 1 aromatic rings. The van der Waals surface area contributed by atoms with Gasteiger partial charge in [0.15, 0.2) is 0 Å². The van der Waals surface area contributed by atoms with Crippen LogP contribution in [0.25, 0.3) is 0 Å². The number of amides is 1. The molecule has 0 bridgehead atoms. The van der Waals surface area contributed by atoms with E-state index < -0.39 is 5.54 Å². The highest BCUT2D eigenvalue weighted by Crippen LogP contribution is 2.33. The summed E-state index contributed by atoms with van der Waals surface area (Å²) in [7, 11) is 1.80. The lowest BCUT2D eigenvalue weighted by molar-refractivity contribution is -0.132. The maximum atomic E-state index is 11.9. The van der Waals surface area contributed by atoms with Gasteiger partial charge in [-0.05, 0) is 31.4 Å². The molecule has 2 rings (SSSR count). The van der Waals surface area contributed by atoms with Crippen LogP contribution in [-0.2, 0) is 4.79 Å². The summed E-state index contributed by atoms with van der Waals surface area (Å²) in [4.78, 5) is 13.6. The minimum atomic E-state index is -0.560. The largest absolute Gasteiger partial charge is 0.494 e. The number of nitrogens with zero attached hydrogens (tertiary/aromatic N) is 1. The molecular weight excluding hydrogens is 228 g/mol. The van der Waals surface area contributed by atoms with Crippen molar-refractivity contribution in [2.24, 2.45) is 5.73 Å². The summed E-state index contributed by atoms with van der Waals surface area (Å²) in [6.07, 6.45) is 2.45. The number of para-hydroxylation sites is 1. The van der Waals surface area contributed by atoms with Gasteiger partial charge in [0.05, 0.1) is 12.1 Å². The highest BCUT2D eigenvalue weighted by atomic mass is 16.5. The van der Waals surface area contributed by atoms with E-state index in [9.17, 15) is 4.79 Å². The van der Waals surface area contributed by atoms with Crippen molar-refractivity contribution < 1.29 is 9.53 Å². The van der Waals surface area contributed by atoms with Crippen molar-refractivity contribution in [1.82, 2.24) is 4.90 Å². The van der Waals surface area contributed by atoms with Gasteiger partial charge in [0.25, 0.3) is 0 Å². The van der Waals surface area contributed by atoms with E-state index in [-0.39, 0.29) is 5.91 Å². The summed E-state index contributed by atoms with van der Waals surface area (Å²) in [6.45, 7) is 1.30. The molecule has 4 nitrogen and oxygen atoms in total. The Morgan fingerprint density at radius 3 is 2.67 bits per heavy atom. The molecule has 0 spiro atoms. The molecule has 0 aromatic heterocycles. The Morgan fingerprint density at radius 2 is 2.06 bits per heavy atom. The Labute approximate surface area is 108 Å². The van der Waals surface area contributed by atoms with Crippen LogP contribution in [0.4, 0.5) is 0 Å². The average molecular weight is 248 g/mol. The van der Waals surface area contributed by atoms with E-state index in [2.05, 4.69) is 0 Å². The molecule has 1 fully saturated rings. The van der Waals surface area contributed by atoms with Crippen molar-refractivity contribution in [3.63, 3.8) is 0 Å². The molecule has 0 unspecified atom stereocenters. The van der Waals surface area contributed by atoms with Crippen molar-refractivity contribution in [2.75, 3.05) is 20.2 Å². The van der Waals surface area contributed by atoms with Gasteiger partial charge >= 0.3 is 0 Å².